The topological polar surface area (TPSA) is 54.5 Å². The SMILES string of the molecule is Cc1cccc(NC(=O)CN2CCC(Oc3nccs3)CC2)c1. The molecule has 1 saturated heterocycles. The Labute approximate surface area is 140 Å². The molecule has 1 aromatic carbocycles. The lowest BCUT2D eigenvalue weighted by Crippen LogP contribution is -2.42. The number of aryl methyl sites for hydroxylation is 1. The highest BCUT2D eigenvalue weighted by atomic mass is 32.1. The largest absolute Gasteiger partial charge is 0.467 e. The van der Waals surface area contributed by atoms with Crippen LogP contribution in [0.25, 0.3) is 0 Å². The molecule has 0 unspecified atom stereocenters. The third-order valence-electron chi connectivity index (χ3n) is 3.88. The van der Waals surface area contributed by atoms with Crippen molar-refractivity contribution < 1.29 is 9.53 Å². The van der Waals surface area contributed by atoms with Gasteiger partial charge in [0, 0.05) is 30.4 Å². The van der Waals surface area contributed by atoms with Crippen molar-refractivity contribution in [2.45, 2.75) is 25.9 Å². The molecule has 0 aliphatic carbocycles. The number of aromatic nitrogens is 1. The molecule has 1 aliphatic heterocycles. The first-order valence-corrected chi connectivity index (χ1v) is 8.72. The minimum Gasteiger partial charge on any atom is -0.467 e. The fraction of sp³-hybridized carbons (Fsp3) is 0.412. The number of hydrogen-bond acceptors (Lipinski definition) is 5. The van der Waals surface area contributed by atoms with E-state index in [4.69, 9.17) is 4.74 Å². The predicted molar refractivity (Wildman–Crippen MR) is 92.0 cm³/mol. The minimum atomic E-state index is 0.0369. The van der Waals surface area contributed by atoms with Crippen molar-refractivity contribution in [1.82, 2.24) is 9.88 Å². The summed E-state index contributed by atoms with van der Waals surface area (Å²) in [6.45, 7) is 4.19. The van der Waals surface area contributed by atoms with Gasteiger partial charge in [-0.05, 0) is 37.5 Å². The van der Waals surface area contributed by atoms with Gasteiger partial charge in [-0.25, -0.2) is 4.98 Å². The van der Waals surface area contributed by atoms with Crippen LogP contribution < -0.4 is 10.1 Å². The molecule has 0 saturated carbocycles. The quantitative estimate of drug-likeness (QED) is 0.915. The second-order valence-corrected chi connectivity index (χ2v) is 6.67. The summed E-state index contributed by atoms with van der Waals surface area (Å²) in [5.74, 6) is 0.0369. The van der Waals surface area contributed by atoms with Crippen LogP contribution in [0, 0.1) is 6.92 Å². The van der Waals surface area contributed by atoms with Gasteiger partial charge >= 0.3 is 0 Å². The van der Waals surface area contributed by atoms with Crippen molar-refractivity contribution in [1.29, 1.82) is 0 Å². The number of carbonyl (C=O) groups excluding carboxylic acids is 1. The highest BCUT2D eigenvalue weighted by Crippen LogP contribution is 2.20. The Balaban J connectivity index is 1.42. The van der Waals surface area contributed by atoms with Gasteiger partial charge in [-0.15, -0.1) is 0 Å². The van der Waals surface area contributed by atoms with Gasteiger partial charge in [-0.2, -0.15) is 0 Å². The number of amides is 1. The van der Waals surface area contributed by atoms with Crippen LogP contribution in [0.15, 0.2) is 35.8 Å². The number of anilines is 1. The lowest BCUT2D eigenvalue weighted by molar-refractivity contribution is -0.117. The van der Waals surface area contributed by atoms with Crippen molar-refractivity contribution in [3.63, 3.8) is 0 Å². The van der Waals surface area contributed by atoms with E-state index in [9.17, 15) is 4.79 Å². The van der Waals surface area contributed by atoms with Crippen molar-refractivity contribution >= 4 is 22.9 Å². The molecule has 1 amide bonds. The molecule has 1 N–H and O–H groups in total. The van der Waals surface area contributed by atoms with Crippen LogP contribution in [-0.2, 0) is 4.79 Å². The zero-order chi connectivity index (χ0) is 16.1. The fourth-order valence-corrected chi connectivity index (χ4v) is 3.27. The first kappa shape index (κ1) is 16.0. The number of benzene rings is 1. The molecule has 0 bridgehead atoms. The Hall–Kier alpha value is -1.92. The molecule has 2 heterocycles. The van der Waals surface area contributed by atoms with Gasteiger partial charge < -0.3 is 10.1 Å². The molecular formula is C17H21N3O2S. The summed E-state index contributed by atoms with van der Waals surface area (Å²) in [7, 11) is 0. The molecular weight excluding hydrogens is 310 g/mol. The van der Waals surface area contributed by atoms with Crippen LogP contribution >= 0.6 is 11.3 Å². The van der Waals surface area contributed by atoms with Crippen LogP contribution in [0.3, 0.4) is 0 Å². The highest BCUT2D eigenvalue weighted by Gasteiger charge is 2.22. The summed E-state index contributed by atoms with van der Waals surface area (Å²) < 4.78 is 5.84. The number of thiazole rings is 1. The Kier molecular flexibility index (Phi) is 5.25. The van der Waals surface area contributed by atoms with Crippen molar-refractivity contribution in [3.8, 4) is 5.19 Å². The summed E-state index contributed by atoms with van der Waals surface area (Å²) in [6, 6.07) is 7.86. The number of likely N-dealkylation sites (tertiary alicyclic amines) is 1. The van der Waals surface area contributed by atoms with Gasteiger partial charge in [0.1, 0.15) is 6.10 Å². The molecule has 1 fully saturated rings. The predicted octanol–water partition coefficient (Wildman–Crippen LogP) is 2.93. The number of nitrogens with one attached hydrogen (secondary N) is 1. The second-order valence-electron chi connectivity index (χ2n) is 5.81. The summed E-state index contributed by atoms with van der Waals surface area (Å²) in [4.78, 5) is 18.5. The van der Waals surface area contributed by atoms with Crippen molar-refractivity contribution in [2.24, 2.45) is 0 Å². The smallest absolute Gasteiger partial charge is 0.273 e. The second kappa shape index (κ2) is 7.57. The number of ether oxygens (including phenoxy) is 1. The van der Waals surface area contributed by atoms with Gasteiger partial charge in [-0.1, -0.05) is 23.5 Å². The molecule has 23 heavy (non-hydrogen) atoms. The molecule has 2 aromatic rings. The van der Waals surface area contributed by atoms with Gasteiger partial charge in [0.15, 0.2) is 0 Å². The number of rotatable bonds is 5. The van der Waals surface area contributed by atoms with Crippen LogP contribution in [0.2, 0.25) is 0 Å². The Morgan fingerprint density at radius 1 is 1.43 bits per heavy atom. The molecule has 3 rings (SSSR count). The van der Waals surface area contributed by atoms with E-state index in [0.29, 0.717) is 6.54 Å². The average molecular weight is 331 g/mol. The molecule has 0 atom stereocenters. The molecule has 0 radical (unpaired) electrons. The molecule has 1 aromatic heterocycles. The third-order valence-corrected chi connectivity index (χ3v) is 4.54. The molecule has 0 spiro atoms. The third kappa shape index (κ3) is 4.77. The molecule has 6 heteroatoms. The molecule has 1 aliphatic rings. The van der Waals surface area contributed by atoms with E-state index >= 15 is 0 Å². The maximum absolute atomic E-state index is 12.1. The highest BCUT2D eigenvalue weighted by molar-refractivity contribution is 7.11. The van der Waals surface area contributed by atoms with Gasteiger partial charge in [0.2, 0.25) is 5.91 Å². The van der Waals surface area contributed by atoms with E-state index in [0.717, 1.165) is 42.4 Å². The van der Waals surface area contributed by atoms with Crippen molar-refractivity contribution in [2.75, 3.05) is 25.0 Å². The van der Waals surface area contributed by atoms with E-state index in [-0.39, 0.29) is 12.0 Å². The summed E-state index contributed by atoms with van der Waals surface area (Å²) >= 11 is 1.52. The lowest BCUT2D eigenvalue weighted by atomic mass is 10.1. The van der Waals surface area contributed by atoms with E-state index in [1.54, 1.807) is 6.20 Å². The van der Waals surface area contributed by atoms with Crippen molar-refractivity contribution in [3.05, 3.63) is 41.4 Å². The first-order valence-electron chi connectivity index (χ1n) is 7.84. The zero-order valence-electron chi connectivity index (χ0n) is 13.2. The Bertz CT molecular complexity index is 637. The van der Waals surface area contributed by atoms with Crippen LogP contribution in [-0.4, -0.2) is 41.5 Å². The first-order chi connectivity index (χ1) is 11.2. The number of carbonyl (C=O) groups is 1. The summed E-state index contributed by atoms with van der Waals surface area (Å²) in [5, 5.41) is 5.61. The van der Waals surface area contributed by atoms with E-state index in [1.807, 2.05) is 36.6 Å². The summed E-state index contributed by atoms with van der Waals surface area (Å²) in [5.41, 5.74) is 2.00. The van der Waals surface area contributed by atoms with Crippen LogP contribution in [0.1, 0.15) is 18.4 Å². The number of nitrogens with zero attached hydrogens (tertiary/aromatic N) is 2. The van der Waals surface area contributed by atoms with Crippen LogP contribution in [0.5, 0.6) is 5.19 Å². The van der Waals surface area contributed by atoms with E-state index in [2.05, 4.69) is 15.2 Å². The maximum Gasteiger partial charge on any atom is 0.273 e. The zero-order valence-corrected chi connectivity index (χ0v) is 14.0. The van der Waals surface area contributed by atoms with Gasteiger partial charge in [0.25, 0.3) is 5.19 Å². The minimum absolute atomic E-state index is 0.0369. The number of piperidine rings is 1. The Morgan fingerprint density at radius 2 is 2.26 bits per heavy atom. The number of hydrogen-bond donors (Lipinski definition) is 1. The standard InChI is InChI=1S/C17H21N3O2S/c1-13-3-2-4-14(11-13)19-16(21)12-20-8-5-15(6-9-20)22-17-18-7-10-23-17/h2-4,7,10-11,15H,5-6,8-9,12H2,1H3,(H,19,21). The van der Waals surface area contributed by atoms with Crippen LogP contribution in [0.4, 0.5) is 5.69 Å². The lowest BCUT2D eigenvalue weighted by Gasteiger charge is -2.30. The summed E-state index contributed by atoms with van der Waals surface area (Å²) in [6.07, 6.45) is 3.82. The van der Waals surface area contributed by atoms with E-state index in [1.165, 1.54) is 11.3 Å². The van der Waals surface area contributed by atoms with E-state index < -0.39 is 0 Å². The fourth-order valence-electron chi connectivity index (χ4n) is 2.72. The molecule has 122 valence electrons. The molecule has 5 nitrogen and oxygen atoms in total. The maximum atomic E-state index is 12.1. The average Bonchev–Trinajstić information content (AvgIpc) is 3.02. The van der Waals surface area contributed by atoms with Gasteiger partial charge in [0.05, 0.1) is 6.54 Å². The monoisotopic (exact) mass is 331 g/mol. The normalized spacial score (nSPS) is 16.2. The van der Waals surface area contributed by atoms with Gasteiger partial charge in [-0.3, -0.25) is 9.69 Å². The Morgan fingerprint density at radius 3 is 2.96 bits per heavy atom.